The van der Waals surface area contributed by atoms with E-state index in [1.165, 1.54) is 5.56 Å². The molecule has 4 nitrogen and oxygen atoms in total. The third-order valence-electron chi connectivity index (χ3n) is 4.62. The first-order chi connectivity index (χ1) is 11.7. The zero-order chi connectivity index (χ0) is 16.9. The Labute approximate surface area is 144 Å². The first-order valence-electron chi connectivity index (χ1n) is 8.33. The minimum atomic E-state index is -0.662. The van der Waals surface area contributed by atoms with Gasteiger partial charge in [0.2, 0.25) is 0 Å². The summed E-state index contributed by atoms with van der Waals surface area (Å²) in [4.78, 5) is 4.80. The summed E-state index contributed by atoms with van der Waals surface area (Å²) in [7, 11) is 2.16. The second kappa shape index (κ2) is 7.63. The normalized spacial score (nSPS) is 15.9. The molecule has 122 valence electrons. The van der Waals surface area contributed by atoms with Crippen molar-refractivity contribution in [2.75, 3.05) is 33.2 Å². The molecular weight excluding hydrogens is 297 g/mol. The Morgan fingerprint density at radius 1 is 1.04 bits per heavy atom. The van der Waals surface area contributed by atoms with Crippen LogP contribution in [0.5, 0.6) is 0 Å². The minimum Gasteiger partial charge on any atom is -0.443 e. The van der Waals surface area contributed by atoms with E-state index in [-0.39, 0.29) is 0 Å². The number of piperazine rings is 1. The predicted octanol–water partition coefficient (Wildman–Crippen LogP) is 0.404. The summed E-state index contributed by atoms with van der Waals surface area (Å²) in [6.07, 6.45) is 0. The molecule has 0 amide bonds. The van der Waals surface area contributed by atoms with E-state index in [4.69, 9.17) is 5.26 Å². The lowest BCUT2D eigenvalue weighted by atomic mass is 9.55. The molecule has 0 spiro atoms. The largest absolute Gasteiger partial charge is 0.443 e. The summed E-state index contributed by atoms with van der Waals surface area (Å²) < 4.78 is 0. The fraction of sp³-hybridized carbons (Fsp3) is 0.316. The first kappa shape index (κ1) is 16.7. The third kappa shape index (κ3) is 4.04. The minimum absolute atomic E-state index is 0.606. The highest BCUT2D eigenvalue weighted by Gasteiger charge is 2.18. The van der Waals surface area contributed by atoms with Gasteiger partial charge >= 0.3 is 6.92 Å². The zero-order valence-corrected chi connectivity index (χ0v) is 14.0. The van der Waals surface area contributed by atoms with E-state index in [0.29, 0.717) is 5.56 Å². The van der Waals surface area contributed by atoms with Crippen molar-refractivity contribution < 1.29 is 5.02 Å². The number of likely N-dealkylation sites (N-methyl/N-ethyl adjacent to an activating group) is 1. The van der Waals surface area contributed by atoms with Crippen LogP contribution < -0.4 is 10.9 Å². The van der Waals surface area contributed by atoms with E-state index in [9.17, 15) is 5.02 Å². The zero-order valence-electron chi connectivity index (χ0n) is 14.0. The second-order valence-corrected chi connectivity index (χ2v) is 6.46. The SMILES string of the molecule is CN1CCN(Cc2cccc(B(O)c3ccc(C#N)cc3)c2)CC1. The molecule has 0 aromatic heterocycles. The van der Waals surface area contributed by atoms with Crippen LogP contribution in [0.4, 0.5) is 0 Å². The second-order valence-electron chi connectivity index (χ2n) is 6.46. The molecule has 2 aromatic carbocycles. The molecule has 0 atom stereocenters. The predicted molar refractivity (Wildman–Crippen MR) is 97.6 cm³/mol. The molecule has 3 rings (SSSR count). The van der Waals surface area contributed by atoms with Gasteiger partial charge in [-0.15, -0.1) is 0 Å². The number of rotatable bonds is 4. The van der Waals surface area contributed by atoms with Gasteiger partial charge in [-0.2, -0.15) is 5.26 Å². The highest BCUT2D eigenvalue weighted by molar-refractivity contribution is 6.78. The van der Waals surface area contributed by atoms with Crippen LogP contribution in [0.1, 0.15) is 11.1 Å². The van der Waals surface area contributed by atoms with Gasteiger partial charge in [0.25, 0.3) is 0 Å². The van der Waals surface area contributed by atoms with Gasteiger partial charge in [0, 0.05) is 32.7 Å². The summed E-state index contributed by atoms with van der Waals surface area (Å²) >= 11 is 0. The van der Waals surface area contributed by atoms with E-state index in [1.807, 2.05) is 24.3 Å². The van der Waals surface area contributed by atoms with Gasteiger partial charge in [-0.25, -0.2) is 0 Å². The van der Waals surface area contributed by atoms with Gasteiger partial charge in [-0.1, -0.05) is 36.4 Å². The average Bonchev–Trinajstić information content (AvgIpc) is 2.63. The Kier molecular flexibility index (Phi) is 5.32. The molecule has 0 saturated carbocycles. The Morgan fingerprint density at radius 3 is 2.42 bits per heavy atom. The molecule has 0 unspecified atom stereocenters. The maximum atomic E-state index is 10.6. The van der Waals surface area contributed by atoms with E-state index >= 15 is 0 Å². The van der Waals surface area contributed by atoms with Gasteiger partial charge in [0.1, 0.15) is 0 Å². The maximum absolute atomic E-state index is 10.6. The Bertz CT molecular complexity index is 718. The molecule has 0 aliphatic carbocycles. The first-order valence-corrected chi connectivity index (χ1v) is 8.33. The van der Waals surface area contributed by atoms with Crippen LogP contribution in [0.2, 0.25) is 0 Å². The van der Waals surface area contributed by atoms with Crippen LogP contribution in [-0.4, -0.2) is 55.0 Å². The van der Waals surface area contributed by atoms with Crippen LogP contribution >= 0.6 is 0 Å². The smallest absolute Gasteiger partial charge is 0.358 e. The molecular formula is C19H22BN3O. The van der Waals surface area contributed by atoms with Crippen molar-refractivity contribution in [3.05, 3.63) is 59.7 Å². The van der Waals surface area contributed by atoms with Gasteiger partial charge in [0.05, 0.1) is 11.6 Å². The van der Waals surface area contributed by atoms with Crippen molar-refractivity contribution in [1.29, 1.82) is 5.26 Å². The lowest BCUT2D eigenvalue weighted by molar-refractivity contribution is 0.148. The Morgan fingerprint density at radius 2 is 1.75 bits per heavy atom. The number of nitrogens with zero attached hydrogens (tertiary/aromatic N) is 3. The van der Waals surface area contributed by atoms with Crippen LogP contribution in [0.25, 0.3) is 0 Å². The van der Waals surface area contributed by atoms with Crippen molar-refractivity contribution in [2.45, 2.75) is 6.54 Å². The molecule has 24 heavy (non-hydrogen) atoms. The number of benzene rings is 2. The summed E-state index contributed by atoms with van der Waals surface area (Å²) in [5.41, 5.74) is 3.54. The molecule has 1 N–H and O–H groups in total. The molecule has 1 aliphatic heterocycles. The monoisotopic (exact) mass is 319 g/mol. The Hall–Kier alpha value is -2.13. The lowest BCUT2D eigenvalue weighted by Crippen LogP contribution is -2.44. The topological polar surface area (TPSA) is 50.5 Å². The molecule has 0 bridgehead atoms. The lowest BCUT2D eigenvalue weighted by Gasteiger charge is -2.32. The number of nitriles is 1. The van der Waals surface area contributed by atoms with Crippen LogP contribution in [0, 0.1) is 11.3 Å². The van der Waals surface area contributed by atoms with Gasteiger partial charge in [0.15, 0.2) is 0 Å². The van der Waals surface area contributed by atoms with Crippen LogP contribution in [-0.2, 0) is 6.54 Å². The van der Waals surface area contributed by atoms with E-state index in [0.717, 1.165) is 43.6 Å². The van der Waals surface area contributed by atoms with Gasteiger partial charge in [-0.3, -0.25) is 4.90 Å². The summed E-state index contributed by atoms with van der Waals surface area (Å²) in [6.45, 7) is 4.63. The van der Waals surface area contributed by atoms with Gasteiger partial charge < -0.3 is 9.92 Å². The molecule has 5 heteroatoms. The summed E-state index contributed by atoms with van der Waals surface area (Å²) in [6, 6.07) is 17.4. The van der Waals surface area contributed by atoms with Gasteiger partial charge in [-0.05, 0) is 35.7 Å². The highest BCUT2D eigenvalue weighted by Crippen LogP contribution is 2.07. The van der Waals surface area contributed by atoms with Crippen molar-refractivity contribution in [1.82, 2.24) is 9.80 Å². The number of hydrogen-bond donors (Lipinski definition) is 1. The Balaban J connectivity index is 1.71. The van der Waals surface area contributed by atoms with Crippen molar-refractivity contribution in [3.8, 4) is 6.07 Å². The molecule has 1 fully saturated rings. The maximum Gasteiger partial charge on any atom is 0.358 e. The van der Waals surface area contributed by atoms with Crippen LogP contribution in [0.15, 0.2) is 48.5 Å². The molecule has 1 heterocycles. The average molecular weight is 319 g/mol. The molecule has 1 aliphatic rings. The summed E-state index contributed by atoms with van der Waals surface area (Å²) in [5.74, 6) is 0. The standard InChI is InChI=1S/C19H22BN3O/c1-22-9-11-23(12-10-22)15-17-3-2-4-19(13-17)20(24)18-7-5-16(14-21)6-8-18/h2-8,13,24H,9-12,15H2,1H3. The van der Waals surface area contributed by atoms with Crippen molar-refractivity contribution in [2.24, 2.45) is 0 Å². The van der Waals surface area contributed by atoms with Crippen molar-refractivity contribution >= 4 is 17.8 Å². The molecule has 0 radical (unpaired) electrons. The van der Waals surface area contributed by atoms with E-state index < -0.39 is 6.92 Å². The third-order valence-corrected chi connectivity index (χ3v) is 4.62. The van der Waals surface area contributed by atoms with Crippen molar-refractivity contribution in [3.63, 3.8) is 0 Å². The molecule has 1 saturated heterocycles. The van der Waals surface area contributed by atoms with Crippen LogP contribution in [0.3, 0.4) is 0 Å². The number of hydrogen-bond acceptors (Lipinski definition) is 4. The van der Waals surface area contributed by atoms with E-state index in [1.54, 1.807) is 12.1 Å². The molecule has 2 aromatic rings. The quantitative estimate of drug-likeness (QED) is 0.829. The summed E-state index contributed by atoms with van der Waals surface area (Å²) in [5, 5.41) is 19.5. The van der Waals surface area contributed by atoms with E-state index in [2.05, 4.69) is 35.0 Å². The fourth-order valence-corrected chi connectivity index (χ4v) is 3.06. The highest BCUT2D eigenvalue weighted by atomic mass is 16.2. The fourth-order valence-electron chi connectivity index (χ4n) is 3.06.